The van der Waals surface area contributed by atoms with Crippen LogP contribution in [0.25, 0.3) is 10.8 Å². The lowest BCUT2D eigenvalue weighted by molar-refractivity contribution is -0.0500. The number of carbonyl (C=O) groups excluding carboxylic acids is 1. The SMILES string of the molecule is CC(=O)c1c(OS(=O)(=O)C(F)(F)F)ccc2cnccc12. The van der Waals surface area contributed by atoms with Crippen molar-refractivity contribution >= 4 is 26.7 Å². The summed E-state index contributed by atoms with van der Waals surface area (Å²) < 4.78 is 63.3. The topological polar surface area (TPSA) is 73.3 Å². The van der Waals surface area contributed by atoms with Crippen LogP contribution in [0, 0.1) is 0 Å². The molecular weight excluding hydrogens is 311 g/mol. The van der Waals surface area contributed by atoms with Gasteiger partial charge < -0.3 is 4.18 Å². The molecule has 2 rings (SSSR count). The van der Waals surface area contributed by atoms with Crippen molar-refractivity contribution in [3.63, 3.8) is 0 Å². The molecule has 0 bridgehead atoms. The Balaban J connectivity index is 2.66. The van der Waals surface area contributed by atoms with Gasteiger partial charge in [0.1, 0.15) is 0 Å². The molecule has 112 valence electrons. The number of nitrogens with zero attached hydrogens (tertiary/aromatic N) is 1. The van der Waals surface area contributed by atoms with Crippen LogP contribution in [0.15, 0.2) is 30.6 Å². The Hall–Kier alpha value is -2.16. The molecule has 1 aromatic carbocycles. The fourth-order valence-electron chi connectivity index (χ4n) is 1.75. The lowest BCUT2D eigenvalue weighted by Gasteiger charge is -2.13. The largest absolute Gasteiger partial charge is 0.534 e. The molecule has 0 amide bonds. The lowest BCUT2D eigenvalue weighted by Crippen LogP contribution is -2.28. The number of hydrogen-bond donors (Lipinski definition) is 0. The molecule has 2 aromatic rings. The molecule has 0 saturated heterocycles. The van der Waals surface area contributed by atoms with Gasteiger partial charge in [-0.1, -0.05) is 0 Å². The molecule has 0 radical (unpaired) electrons. The van der Waals surface area contributed by atoms with Crippen molar-refractivity contribution in [2.24, 2.45) is 0 Å². The van der Waals surface area contributed by atoms with E-state index in [0.717, 1.165) is 13.0 Å². The van der Waals surface area contributed by atoms with Crippen LogP contribution >= 0.6 is 0 Å². The van der Waals surface area contributed by atoms with E-state index in [1.54, 1.807) is 0 Å². The van der Waals surface area contributed by atoms with E-state index in [-0.39, 0.29) is 10.9 Å². The van der Waals surface area contributed by atoms with Crippen LogP contribution in [0.2, 0.25) is 0 Å². The van der Waals surface area contributed by atoms with Gasteiger partial charge in [0.15, 0.2) is 11.5 Å². The molecule has 9 heteroatoms. The zero-order valence-electron chi connectivity index (χ0n) is 10.5. The summed E-state index contributed by atoms with van der Waals surface area (Å²) in [5, 5.41) is 0.729. The average Bonchev–Trinajstić information content (AvgIpc) is 2.36. The highest BCUT2D eigenvalue weighted by Crippen LogP contribution is 2.32. The van der Waals surface area contributed by atoms with Gasteiger partial charge in [0.05, 0.1) is 5.56 Å². The molecule has 0 spiro atoms. The first-order chi connectivity index (χ1) is 9.63. The van der Waals surface area contributed by atoms with Crippen LogP contribution in [0.3, 0.4) is 0 Å². The maximum atomic E-state index is 12.4. The highest BCUT2D eigenvalue weighted by atomic mass is 32.2. The summed E-state index contributed by atoms with van der Waals surface area (Å²) in [7, 11) is -5.84. The fraction of sp³-hybridized carbons (Fsp3) is 0.167. The van der Waals surface area contributed by atoms with Crippen LogP contribution in [0.1, 0.15) is 17.3 Å². The lowest BCUT2D eigenvalue weighted by atomic mass is 10.0. The predicted octanol–water partition coefficient (Wildman–Crippen LogP) is 2.67. The number of aromatic nitrogens is 1. The number of carbonyl (C=O) groups is 1. The molecule has 0 atom stereocenters. The number of halogens is 3. The molecular formula is C12H8F3NO4S. The Morgan fingerprint density at radius 2 is 1.90 bits per heavy atom. The van der Waals surface area contributed by atoms with Gasteiger partial charge in [-0.25, -0.2) is 0 Å². The fourth-order valence-corrected chi connectivity index (χ4v) is 2.22. The summed E-state index contributed by atoms with van der Waals surface area (Å²) in [6.45, 7) is 1.10. The Morgan fingerprint density at radius 3 is 2.48 bits per heavy atom. The van der Waals surface area contributed by atoms with Gasteiger partial charge >= 0.3 is 15.6 Å². The van der Waals surface area contributed by atoms with Gasteiger partial charge in [0, 0.05) is 17.8 Å². The van der Waals surface area contributed by atoms with Crippen molar-refractivity contribution in [2.45, 2.75) is 12.4 Å². The van der Waals surface area contributed by atoms with E-state index in [0.29, 0.717) is 5.39 Å². The van der Waals surface area contributed by atoms with Crippen molar-refractivity contribution < 1.29 is 30.6 Å². The normalized spacial score (nSPS) is 12.4. The van der Waals surface area contributed by atoms with Gasteiger partial charge in [-0.15, -0.1) is 0 Å². The Kier molecular flexibility index (Phi) is 3.62. The second-order valence-electron chi connectivity index (χ2n) is 4.07. The Bertz CT molecular complexity index is 815. The van der Waals surface area contributed by atoms with Crippen molar-refractivity contribution in [2.75, 3.05) is 0 Å². The van der Waals surface area contributed by atoms with E-state index in [1.165, 1.54) is 24.5 Å². The second-order valence-corrected chi connectivity index (χ2v) is 5.61. The summed E-state index contributed by atoms with van der Waals surface area (Å²) >= 11 is 0. The molecule has 0 unspecified atom stereocenters. The third kappa shape index (κ3) is 2.82. The molecule has 1 heterocycles. The first kappa shape index (κ1) is 15.2. The van der Waals surface area contributed by atoms with Gasteiger partial charge in [0.2, 0.25) is 0 Å². The van der Waals surface area contributed by atoms with Crippen molar-refractivity contribution in [3.8, 4) is 5.75 Å². The van der Waals surface area contributed by atoms with Crippen LogP contribution in [0.5, 0.6) is 5.75 Å². The maximum Gasteiger partial charge on any atom is 0.534 e. The van der Waals surface area contributed by atoms with Crippen molar-refractivity contribution in [1.82, 2.24) is 4.98 Å². The van der Waals surface area contributed by atoms with Crippen LogP contribution < -0.4 is 4.18 Å². The minimum Gasteiger partial charge on any atom is -0.375 e. The summed E-state index contributed by atoms with van der Waals surface area (Å²) in [6, 6.07) is 3.69. The smallest absolute Gasteiger partial charge is 0.375 e. The first-order valence-corrected chi connectivity index (χ1v) is 6.93. The number of alkyl halides is 3. The molecule has 0 fully saturated rings. The average molecular weight is 319 g/mol. The summed E-state index contributed by atoms with van der Waals surface area (Å²) in [5.41, 5.74) is -5.82. The Morgan fingerprint density at radius 1 is 1.24 bits per heavy atom. The monoisotopic (exact) mass is 319 g/mol. The zero-order chi connectivity index (χ0) is 15.8. The van der Waals surface area contributed by atoms with E-state index in [4.69, 9.17) is 0 Å². The number of pyridine rings is 1. The molecule has 21 heavy (non-hydrogen) atoms. The van der Waals surface area contributed by atoms with Gasteiger partial charge in [-0.3, -0.25) is 9.78 Å². The number of fused-ring (bicyclic) bond motifs is 1. The number of ketones is 1. The van der Waals surface area contributed by atoms with E-state index < -0.39 is 27.2 Å². The minimum atomic E-state index is -5.84. The predicted molar refractivity (Wildman–Crippen MR) is 67.4 cm³/mol. The van der Waals surface area contributed by atoms with Crippen LogP contribution in [-0.2, 0) is 10.1 Å². The molecule has 0 aliphatic rings. The maximum absolute atomic E-state index is 12.4. The van der Waals surface area contributed by atoms with E-state index in [2.05, 4.69) is 9.17 Å². The molecule has 5 nitrogen and oxygen atoms in total. The molecule has 0 aliphatic heterocycles. The highest BCUT2D eigenvalue weighted by Gasteiger charge is 2.49. The number of hydrogen-bond acceptors (Lipinski definition) is 5. The molecule has 0 aliphatic carbocycles. The van der Waals surface area contributed by atoms with E-state index in [9.17, 15) is 26.4 Å². The molecule has 1 aromatic heterocycles. The van der Waals surface area contributed by atoms with Crippen LogP contribution in [-0.4, -0.2) is 24.7 Å². The molecule has 0 saturated carbocycles. The summed E-state index contributed by atoms with van der Waals surface area (Å²) in [5.74, 6) is -1.29. The summed E-state index contributed by atoms with van der Waals surface area (Å²) in [4.78, 5) is 15.4. The molecule has 0 N–H and O–H groups in total. The van der Waals surface area contributed by atoms with Crippen molar-refractivity contribution in [3.05, 3.63) is 36.2 Å². The van der Waals surface area contributed by atoms with Gasteiger partial charge in [0.25, 0.3) is 0 Å². The van der Waals surface area contributed by atoms with Crippen LogP contribution in [0.4, 0.5) is 13.2 Å². The number of benzene rings is 1. The zero-order valence-corrected chi connectivity index (χ0v) is 11.3. The van der Waals surface area contributed by atoms with Crippen molar-refractivity contribution in [1.29, 1.82) is 0 Å². The van der Waals surface area contributed by atoms with Gasteiger partial charge in [-0.2, -0.15) is 21.6 Å². The summed E-state index contributed by atoms with van der Waals surface area (Å²) in [6.07, 6.45) is 2.72. The Labute approximate surface area is 117 Å². The van der Waals surface area contributed by atoms with E-state index in [1.807, 2.05) is 0 Å². The minimum absolute atomic E-state index is 0.247. The number of Topliss-reactive ketones (excluding diaryl/α,β-unsaturated/α-hetero) is 1. The second kappa shape index (κ2) is 4.99. The first-order valence-electron chi connectivity index (χ1n) is 5.52. The van der Waals surface area contributed by atoms with Gasteiger partial charge in [-0.05, 0) is 30.5 Å². The number of rotatable bonds is 3. The standard InChI is InChI=1S/C12H8F3NO4S/c1-7(17)11-9-4-5-16-6-8(9)2-3-10(11)20-21(18,19)12(13,14)15/h2-6H,1H3. The highest BCUT2D eigenvalue weighted by molar-refractivity contribution is 7.88. The van der Waals surface area contributed by atoms with E-state index >= 15 is 0 Å². The third-order valence-corrected chi connectivity index (χ3v) is 3.58. The quantitative estimate of drug-likeness (QED) is 0.494. The third-order valence-electron chi connectivity index (χ3n) is 2.62.